The molecule has 3 aromatic rings. The van der Waals surface area contributed by atoms with Crippen molar-refractivity contribution in [3.8, 4) is 0 Å². The molecule has 0 radical (unpaired) electrons. The van der Waals surface area contributed by atoms with Crippen molar-refractivity contribution in [1.82, 2.24) is 5.32 Å². The van der Waals surface area contributed by atoms with Crippen molar-refractivity contribution < 1.29 is 27.0 Å². The second kappa shape index (κ2) is 13.3. The lowest BCUT2D eigenvalue weighted by Crippen LogP contribution is -2.28. The van der Waals surface area contributed by atoms with E-state index in [0.717, 1.165) is 16.7 Å². The number of carbonyl (C=O) groups excluding carboxylic acids is 2. The minimum absolute atomic E-state index is 0.0319. The van der Waals surface area contributed by atoms with Crippen molar-refractivity contribution in [3.05, 3.63) is 105 Å². The molecule has 0 heterocycles. The summed E-state index contributed by atoms with van der Waals surface area (Å²) < 4.78 is 44.5. The van der Waals surface area contributed by atoms with Gasteiger partial charge in [0.15, 0.2) is 0 Å². The fraction of sp³-hybridized carbons (Fsp3) is 0.267. The smallest absolute Gasteiger partial charge is 0.266 e. The predicted molar refractivity (Wildman–Crippen MR) is 159 cm³/mol. The van der Waals surface area contributed by atoms with Crippen molar-refractivity contribution in [2.45, 2.75) is 33.1 Å². The Morgan fingerprint density at radius 1 is 1.02 bits per heavy atom. The molecule has 212 valence electrons. The van der Waals surface area contributed by atoms with E-state index < -0.39 is 33.5 Å². The number of halogens is 2. The molecule has 10 heteroatoms. The van der Waals surface area contributed by atoms with Gasteiger partial charge in [-0.15, -0.1) is 0 Å². The van der Waals surface area contributed by atoms with Gasteiger partial charge in [0.1, 0.15) is 5.82 Å². The van der Waals surface area contributed by atoms with Crippen LogP contribution in [0.25, 0.3) is 6.08 Å². The van der Waals surface area contributed by atoms with Crippen molar-refractivity contribution in [3.63, 3.8) is 0 Å². The lowest BCUT2D eigenvalue weighted by Gasteiger charge is -2.18. The first-order chi connectivity index (χ1) is 18.7. The van der Waals surface area contributed by atoms with Crippen LogP contribution in [-0.2, 0) is 21.3 Å². The molecule has 3 N–H and O–H groups in total. The molecular formula is C30H32BrFN2O5S. The number of anilines is 1. The van der Waals surface area contributed by atoms with Gasteiger partial charge in [0.2, 0.25) is 5.91 Å². The number of hydrogen-bond donors (Lipinski definition) is 3. The third-order valence-electron chi connectivity index (χ3n) is 5.92. The van der Waals surface area contributed by atoms with E-state index >= 15 is 0 Å². The van der Waals surface area contributed by atoms with Crippen LogP contribution >= 0.6 is 15.9 Å². The summed E-state index contributed by atoms with van der Waals surface area (Å²) in [6.45, 7) is 6.11. The van der Waals surface area contributed by atoms with Gasteiger partial charge in [-0.25, -0.2) is 4.39 Å². The second-order valence-electron chi connectivity index (χ2n) is 10.5. The Labute approximate surface area is 242 Å². The highest BCUT2D eigenvalue weighted by Gasteiger charge is 2.22. The Hall–Kier alpha value is -3.34. The molecule has 40 heavy (non-hydrogen) atoms. The summed E-state index contributed by atoms with van der Waals surface area (Å²) in [4.78, 5) is 25.8. The second-order valence-corrected chi connectivity index (χ2v) is 12.9. The SMILES string of the molecule is CC(C)(C)C=Cc1ccc(C(Cc2ccc(C(=O)NCCS(=O)(=O)O)cc2)C(=O)Nc2ccc(F)c(Br)c2)cc1. The van der Waals surface area contributed by atoms with E-state index in [4.69, 9.17) is 4.55 Å². The quantitative estimate of drug-likeness (QED) is 0.230. The molecule has 1 atom stereocenters. The Morgan fingerprint density at radius 2 is 1.68 bits per heavy atom. The van der Waals surface area contributed by atoms with Crippen LogP contribution in [0.1, 0.15) is 53.7 Å². The molecular weight excluding hydrogens is 599 g/mol. The van der Waals surface area contributed by atoms with E-state index in [1.165, 1.54) is 18.2 Å². The lowest BCUT2D eigenvalue weighted by molar-refractivity contribution is -0.117. The summed E-state index contributed by atoms with van der Waals surface area (Å²) in [5.41, 5.74) is 3.38. The molecule has 2 amide bonds. The molecule has 3 aromatic carbocycles. The Kier molecular flexibility index (Phi) is 10.4. The van der Waals surface area contributed by atoms with E-state index in [-0.39, 0.29) is 22.3 Å². The molecule has 0 saturated heterocycles. The van der Waals surface area contributed by atoms with Gasteiger partial charge in [-0.05, 0) is 74.8 Å². The van der Waals surface area contributed by atoms with Crippen molar-refractivity contribution >= 4 is 49.6 Å². The predicted octanol–water partition coefficient (Wildman–Crippen LogP) is 6.23. The number of allylic oxidation sites excluding steroid dienone is 1. The molecule has 3 rings (SSSR count). The van der Waals surface area contributed by atoms with Crippen molar-refractivity contribution in [2.75, 3.05) is 17.6 Å². The van der Waals surface area contributed by atoms with Gasteiger partial charge in [0, 0.05) is 17.8 Å². The highest BCUT2D eigenvalue weighted by Crippen LogP contribution is 2.27. The van der Waals surface area contributed by atoms with Crippen LogP contribution in [0.3, 0.4) is 0 Å². The van der Waals surface area contributed by atoms with E-state index in [9.17, 15) is 22.4 Å². The number of rotatable bonds is 10. The van der Waals surface area contributed by atoms with E-state index in [0.29, 0.717) is 17.7 Å². The molecule has 0 aliphatic heterocycles. The zero-order valence-electron chi connectivity index (χ0n) is 22.4. The monoisotopic (exact) mass is 630 g/mol. The minimum atomic E-state index is -4.17. The largest absolute Gasteiger partial charge is 0.351 e. The Bertz CT molecular complexity index is 1480. The first kappa shape index (κ1) is 31.2. The normalized spacial score (nSPS) is 12.8. The Morgan fingerprint density at radius 3 is 2.25 bits per heavy atom. The van der Waals surface area contributed by atoms with Crippen LogP contribution in [0, 0.1) is 11.2 Å². The number of carbonyl (C=O) groups is 2. The summed E-state index contributed by atoms with van der Waals surface area (Å²) in [5, 5.41) is 5.31. The van der Waals surface area contributed by atoms with Crippen LogP contribution in [-0.4, -0.2) is 37.1 Å². The molecule has 0 aliphatic carbocycles. The summed E-state index contributed by atoms with van der Waals surface area (Å²) in [7, 11) is -4.17. The number of benzene rings is 3. The van der Waals surface area contributed by atoms with Crippen molar-refractivity contribution in [1.29, 1.82) is 0 Å². The van der Waals surface area contributed by atoms with E-state index in [1.807, 2.05) is 30.3 Å². The van der Waals surface area contributed by atoms with Gasteiger partial charge >= 0.3 is 0 Å². The highest BCUT2D eigenvalue weighted by molar-refractivity contribution is 9.10. The topological polar surface area (TPSA) is 113 Å². The minimum Gasteiger partial charge on any atom is -0.351 e. The molecule has 0 saturated carbocycles. The molecule has 0 aromatic heterocycles. The third-order valence-corrected chi connectivity index (χ3v) is 7.25. The molecule has 0 fully saturated rings. The number of hydrogen-bond acceptors (Lipinski definition) is 4. The zero-order valence-corrected chi connectivity index (χ0v) is 24.9. The number of nitrogens with one attached hydrogen (secondary N) is 2. The Balaban J connectivity index is 1.81. The maximum Gasteiger partial charge on any atom is 0.266 e. The average molecular weight is 632 g/mol. The van der Waals surface area contributed by atoms with Gasteiger partial charge in [-0.2, -0.15) is 8.42 Å². The summed E-state index contributed by atoms with van der Waals surface area (Å²) in [6, 6.07) is 18.6. The lowest BCUT2D eigenvalue weighted by atomic mass is 9.89. The van der Waals surface area contributed by atoms with Gasteiger partial charge in [0.25, 0.3) is 16.0 Å². The van der Waals surface area contributed by atoms with Crippen LogP contribution in [0.2, 0.25) is 0 Å². The van der Waals surface area contributed by atoms with Gasteiger partial charge < -0.3 is 10.6 Å². The number of amides is 2. The first-order valence-corrected chi connectivity index (χ1v) is 15.0. The fourth-order valence-corrected chi connectivity index (χ4v) is 4.51. The molecule has 0 spiro atoms. The van der Waals surface area contributed by atoms with Crippen LogP contribution in [0.15, 0.2) is 77.3 Å². The summed E-state index contributed by atoms with van der Waals surface area (Å²) >= 11 is 3.14. The van der Waals surface area contributed by atoms with E-state index in [2.05, 4.69) is 53.4 Å². The summed E-state index contributed by atoms with van der Waals surface area (Å²) in [6.07, 6.45) is 4.48. The fourth-order valence-electron chi connectivity index (χ4n) is 3.77. The van der Waals surface area contributed by atoms with Crippen LogP contribution in [0.4, 0.5) is 10.1 Å². The molecule has 0 aliphatic rings. The molecule has 7 nitrogen and oxygen atoms in total. The highest BCUT2D eigenvalue weighted by atomic mass is 79.9. The van der Waals surface area contributed by atoms with Crippen LogP contribution in [0.5, 0.6) is 0 Å². The van der Waals surface area contributed by atoms with Gasteiger partial charge in [-0.3, -0.25) is 14.1 Å². The summed E-state index contributed by atoms with van der Waals surface area (Å²) in [5.74, 6) is -2.36. The molecule has 1 unspecified atom stereocenters. The first-order valence-electron chi connectivity index (χ1n) is 12.6. The zero-order chi connectivity index (χ0) is 29.5. The third kappa shape index (κ3) is 10.0. The maximum atomic E-state index is 13.7. The van der Waals surface area contributed by atoms with Gasteiger partial charge in [0.05, 0.1) is 16.1 Å². The average Bonchev–Trinajstić information content (AvgIpc) is 2.87. The van der Waals surface area contributed by atoms with Crippen molar-refractivity contribution in [2.24, 2.45) is 5.41 Å². The van der Waals surface area contributed by atoms with Crippen LogP contribution < -0.4 is 10.6 Å². The van der Waals surface area contributed by atoms with Gasteiger partial charge in [-0.1, -0.05) is 69.3 Å². The standard InChI is InChI=1S/C30H32BrFN2O5S/c1-30(2,3)15-14-20-4-8-22(9-5-20)25(29(36)34-24-12-13-27(32)26(31)19-24)18-21-6-10-23(11-7-21)28(35)33-16-17-40(37,38)39/h4-15,19,25H,16-18H2,1-3H3,(H,33,35)(H,34,36)(H,37,38,39). The van der Waals surface area contributed by atoms with E-state index in [1.54, 1.807) is 24.3 Å². The maximum absolute atomic E-state index is 13.7. The molecule has 0 bridgehead atoms.